The zero-order valence-corrected chi connectivity index (χ0v) is 12.4. The molecule has 1 unspecified atom stereocenters. The molecule has 4 heteroatoms. The second-order valence-electron chi connectivity index (χ2n) is 6.50. The Hall–Kier alpha value is -1.97. The lowest BCUT2D eigenvalue weighted by Gasteiger charge is -2.27. The first-order valence-corrected chi connectivity index (χ1v) is 7.14. The van der Waals surface area contributed by atoms with Crippen LogP contribution in [0.4, 0.5) is 11.5 Å². The Morgan fingerprint density at radius 3 is 2.60 bits per heavy atom. The fraction of sp³-hybridized carbons (Fsp3) is 0.438. The number of rotatable bonds is 1. The third-order valence-corrected chi connectivity index (χ3v) is 3.99. The molecule has 106 valence electrons. The number of nitrogens with zero attached hydrogens (tertiary/aromatic N) is 2. The Morgan fingerprint density at radius 2 is 1.95 bits per heavy atom. The molecule has 0 radical (unpaired) electrons. The summed E-state index contributed by atoms with van der Waals surface area (Å²) >= 11 is 0. The van der Waals surface area contributed by atoms with E-state index in [-0.39, 0.29) is 11.5 Å². The Labute approximate surface area is 120 Å². The lowest BCUT2D eigenvalue weighted by Crippen LogP contribution is -2.24. The highest BCUT2D eigenvalue weighted by atomic mass is 15.4. The van der Waals surface area contributed by atoms with Crippen LogP contribution in [0.25, 0.3) is 0 Å². The molecular formula is C16H22N4. The molecule has 0 aliphatic carbocycles. The van der Waals surface area contributed by atoms with Crippen LogP contribution in [0.15, 0.2) is 30.5 Å². The summed E-state index contributed by atoms with van der Waals surface area (Å²) in [4.78, 5) is 0. The van der Waals surface area contributed by atoms with Gasteiger partial charge in [-0.3, -0.25) is 0 Å². The van der Waals surface area contributed by atoms with E-state index < -0.39 is 0 Å². The van der Waals surface area contributed by atoms with Gasteiger partial charge in [0.15, 0.2) is 0 Å². The maximum Gasteiger partial charge on any atom is 0.148 e. The molecule has 2 aromatic rings. The molecule has 3 N–H and O–H groups in total. The summed E-state index contributed by atoms with van der Waals surface area (Å²) in [6.45, 7) is 7.64. The van der Waals surface area contributed by atoms with E-state index in [9.17, 15) is 0 Å². The maximum absolute atomic E-state index is 5.94. The second-order valence-corrected chi connectivity index (χ2v) is 6.50. The second kappa shape index (κ2) is 4.54. The molecular weight excluding hydrogens is 248 g/mol. The summed E-state index contributed by atoms with van der Waals surface area (Å²) in [6.07, 6.45) is 2.76. The monoisotopic (exact) mass is 270 g/mol. The van der Waals surface area contributed by atoms with Crippen LogP contribution in [0, 0.1) is 0 Å². The largest absolute Gasteiger partial charge is 0.394 e. The average molecular weight is 270 g/mol. The van der Waals surface area contributed by atoms with Crippen LogP contribution in [0.2, 0.25) is 0 Å². The van der Waals surface area contributed by atoms with E-state index in [1.165, 1.54) is 11.1 Å². The SMILES string of the molecule is CC(C)(C)c1ccc(C2CCNc3c(N)cnn32)cc1. The van der Waals surface area contributed by atoms with Gasteiger partial charge in [-0.15, -0.1) is 0 Å². The highest BCUT2D eigenvalue weighted by molar-refractivity contribution is 5.62. The Kier molecular flexibility index (Phi) is 2.96. The van der Waals surface area contributed by atoms with E-state index in [1.54, 1.807) is 6.20 Å². The molecule has 20 heavy (non-hydrogen) atoms. The quantitative estimate of drug-likeness (QED) is 0.837. The number of anilines is 2. The van der Waals surface area contributed by atoms with Gasteiger partial charge in [-0.25, -0.2) is 4.68 Å². The number of nitrogens with two attached hydrogens (primary N) is 1. The topological polar surface area (TPSA) is 55.9 Å². The molecule has 2 heterocycles. The molecule has 4 nitrogen and oxygen atoms in total. The Morgan fingerprint density at radius 1 is 1.25 bits per heavy atom. The lowest BCUT2D eigenvalue weighted by molar-refractivity contribution is 0.481. The van der Waals surface area contributed by atoms with Crippen LogP contribution in [-0.4, -0.2) is 16.3 Å². The molecule has 0 saturated heterocycles. The van der Waals surface area contributed by atoms with Crippen molar-refractivity contribution in [3.05, 3.63) is 41.6 Å². The maximum atomic E-state index is 5.94. The van der Waals surface area contributed by atoms with Crippen LogP contribution in [0.5, 0.6) is 0 Å². The molecule has 0 amide bonds. The molecule has 0 fully saturated rings. The van der Waals surface area contributed by atoms with Gasteiger partial charge in [-0.05, 0) is 23.0 Å². The summed E-state index contributed by atoms with van der Waals surface area (Å²) in [5.41, 5.74) is 9.50. The Bertz CT molecular complexity index is 604. The number of fused-ring (bicyclic) bond motifs is 1. The van der Waals surface area contributed by atoms with Crippen molar-refractivity contribution in [2.75, 3.05) is 17.6 Å². The molecule has 1 aromatic heterocycles. The summed E-state index contributed by atoms with van der Waals surface area (Å²) in [5, 5.41) is 7.74. The minimum atomic E-state index is 0.188. The van der Waals surface area contributed by atoms with E-state index >= 15 is 0 Å². The van der Waals surface area contributed by atoms with Gasteiger partial charge >= 0.3 is 0 Å². The smallest absolute Gasteiger partial charge is 0.148 e. The fourth-order valence-electron chi connectivity index (χ4n) is 2.76. The molecule has 0 bridgehead atoms. The minimum Gasteiger partial charge on any atom is -0.394 e. The van der Waals surface area contributed by atoms with E-state index in [2.05, 4.69) is 55.5 Å². The first-order chi connectivity index (χ1) is 9.47. The van der Waals surface area contributed by atoms with E-state index in [0.717, 1.165) is 24.5 Å². The first kappa shape index (κ1) is 13.0. The van der Waals surface area contributed by atoms with Crippen molar-refractivity contribution < 1.29 is 0 Å². The fourth-order valence-corrected chi connectivity index (χ4v) is 2.76. The van der Waals surface area contributed by atoms with E-state index in [4.69, 9.17) is 5.73 Å². The van der Waals surface area contributed by atoms with Crippen LogP contribution in [0.3, 0.4) is 0 Å². The van der Waals surface area contributed by atoms with Crippen molar-refractivity contribution in [1.29, 1.82) is 0 Å². The predicted octanol–water partition coefficient (Wildman–Crippen LogP) is 3.17. The van der Waals surface area contributed by atoms with Crippen molar-refractivity contribution in [1.82, 2.24) is 9.78 Å². The molecule has 1 aliphatic heterocycles. The van der Waals surface area contributed by atoms with Gasteiger partial charge in [0.05, 0.1) is 17.9 Å². The number of nitrogens with one attached hydrogen (secondary N) is 1. The number of benzene rings is 1. The van der Waals surface area contributed by atoms with Gasteiger partial charge in [0.2, 0.25) is 0 Å². The van der Waals surface area contributed by atoms with Gasteiger partial charge < -0.3 is 11.1 Å². The van der Waals surface area contributed by atoms with Gasteiger partial charge in [0, 0.05) is 6.54 Å². The first-order valence-electron chi connectivity index (χ1n) is 7.14. The standard InChI is InChI=1S/C16H22N4/c1-16(2,3)12-6-4-11(5-7-12)14-8-9-18-15-13(17)10-19-20(14)15/h4-7,10,14,18H,8-9,17H2,1-3H3. The van der Waals surface area contributed by atoms with Gasteiger partial charge in [0.1, 0.15) is 5.82 Å². The van der Waals surface area contributed by atoms with Crippen LogP contribution in [-0.2, 0) is 5.41 Å². The van der Waals surface area contributed by atoms with Crippen molar-refractivity contribution in [2.45, 2.75) is 38.6 Å². The third kappa shape index (κ3) is 2.15. The lowest BCUT2D eigenvalue weighted by atomic mass is 9.86. The Balaban J connectivity index is 1.95. The van der Waals surface area contributed by atoms with Gasteiger partial charge in [-0.2, -0.15) is 5.10 Å². The third-order valence-electron chi connectivity index (χ3n) is 3.99. The van der Waals surface area contributed by atoms with Crippen LogP contribution >= 0.6 is 0 Å². The zero-order valence-electron chi connectivity index (χ0n) is 12.4. The summed E-state index contributed by atoms with van der Waals surface area (Å²) < 4.78 is 2.00. The average Bonchev–Trinajstić information content (AvgIpc) is 2.80. The van der Waals surface area contributed by atoms with E-state index in [1.807, 2.05) is 4.68 Å². The predicted molar refractivity (Wildman–Crippen MR) is 83.0 cm³/mol. The summed E-state index contributed by atoms with van der Waals surface area (Å²) in [6, 6.07) is 9.17. The number of hydrogen-bond acceptors (Lipinski definition) is 3. The molecule has 0 spiro atoms. The summed E-state index contributed by atoms with van der Waals surface area (Å²) in [7, 11) is 0. The van der Waals surface area contributed by atoms with Crippen molar-refractivity contribution in [3.8, 4) is 0 Å². The van der Waals surface area contributed by atoms with Gasteiger partial charge in [0.25, 0.3) is 0 Å². The van der Waals surface area contributed by atoms with Crippen molar-refractivity contribution >= 4 is 11.5 Å². The van der Waals surface area contributed by atoms with Crippen LogP contribution in [0.1, 0.15) is 44.4 Å². The van der Waals surface area contributed by atoms with Gasteiger partial charge in [-0.1, -0.05) is 45.0 Å². The molecule has 1 aromatic carbocycles. The zero-order chi connectivity index (χ0) is 14.3. The number of nitrogen functional groups attached to an aromatic ring is 1. The normalized spacial score (nSPS) is 18.4. The van der Waals surface area contributed by atoms with Crippen LogP contribution < -0.4 is 11.1 Å². The molecule has 0 saturated carbocycles. The number of aromatic nitrogens is 2. The van der Waals surface area contributed by atoms with Crippen molar-refractivity contribution in [3.63, 3.8) is 0 Å². The molecule has 1 atom stereocenters. The van der Waals surface area contributed by atoms with E-state index in [0.29, 0.717) is 0 Å². The molecule has 1 aliphatic rings. The highest BCUT2D eigenvalue weighted by Gasteiger charge is 2.24. The summed E-state index contributed by atoms with van der Waals surface area (Å²) in [5.74, 6) is 0.946. The number of hydrogen-bond donors (Lipinski definition) is 2. The highest BCUT2D eigenvalue weighted by Crippen LogP contribution is 2.33. The molecule has 3 rings (SSSR count). The van der Waals surface area contributed by atoms with Crippen molar-refractivity contribution in [2.24, 2.45) is 0 Å². The minimum absolute atomic E-state index is 0.188.